The summed E-state index contributed by atoms with van der Waals surface area (Å²) in [7, 11) is 0. The molecule has 2 aromatic carbocycles. The van der Waals surface area contributed by atoms with E-state index in [-0.39, 0.29) is 5.78 Å². The van der Waals surface area contributed by atoms with E-state index in [0.29, 0.717) is 15.6 Å². The van der Waals surface area contributed by atoms with E-state index < -0.39 is 0 Å². The standard InChI is InChI=1S/C17H15Cl2NO/c1-2-12-5-3-4-6-16(12)20-10-9-17(21)14-8-7-13(18)11-15(14)19/h3-11,20H,2H2,1H3/b10-9+. The van der Waals surface area contributed by atoms with Crippen molar-refractivity contribution in [3.8, 4) is 0 Å². The number of allylic oxidation sites excluding steroid dienone is 1. The highest BCUT2D eigenvalue weighted by Gasteiger charge is 2.07. The zero-order chi connectivity index (χ0) is 15.2. The summed E-state index contributed by atoms with van der Waals surface area (Å²) < 4.78 is 0. The largest absolute Gasteiger partial charge is 0.361 e. The van der Waals surface area contributed by atoms with Gasteiger partial charge in [-0.05, 0) is 36.2 Å². The summed E-state index contributed by atoms with van der Waals surface area (Å²) in [6.07, 6.45) is 4.01. The number of nitrogens with one attached hydrogen (secondary N) is 1. The first kappa shape index (κ1) is 15.6. The van der Waals surface area contributed by atoms with Gasteiger partial charge in [-0.25, -0.2) is 0 Å². The first-order valence-electron chi connectivity index (χ1n) is 6.62. The summed E-state index contributed by atoms with van der Waals surface area (Å²) in [6.45, 7) is 2.09. The normalized spacial score (nSPS) is 10.8. The molecule has 0 spiro atoms. The van der Waals surface area contributed by atoms with Gasteiger partial charge >= 0.3 is 0 Å². The van der Waals surface area contributed by atoms with Gasteiger partial charge in [0.15, 0.2) is 5.78 Å². The lowest BCUT2D eigenvalue weighted by Crippen LogP contribution is -1.98. The Morgan fingerprint density at radius 2 is 1.95 bits per heavy atom. The number of aryl methyl sites for hydroxylation is 1. The first-order valence-corrected chi connectivity index (χ1v) is 7.37. The second-order valence-electron chi connectivity index (χ2n) is 4.48. The van der Waals surface area contributed by atoms with Gasteiger partial charge in [-0.2, -0.15) is 0 Å². The number of ketones is 1. The van der Waals surface area contributed by atoms with E-state index in [1.807, 2.05) is 24.3 Å². The Morgan fingerprint density at radius 1 is 1.19 bits per heavy atom. The van der Waals surface area contributed by atoms with Gasteiger partial charge < -0.3 is 5.32 Å². The number of hydrogen-bond acceptors (Lipinski definition) is 2. The van der Waals surface area contributed by atoms with Gasteiger partial charge in [0.05, 0.1) is 5.02 Å². The van der Waals surface area contributed by atoms with Gasteiger partial charge in [0, 0.05) is 28.5 Å². The van der Waals surface area contributed by atoms with Crippen molar-refractivity contribution in [2.75, 3.05) is 5.32 Å². The lowest BCUT2D eigenvalue weighted by molar-refractivity contribution is 0.104. The van der Waals surface area contributed by atoms with Crippen LogP contribution in [-0.4, -0.2) is 5.78 Å². The molecule has 1 N–H and O–H groups in total. The molecule has 2 aromatic rings. The third-order valence-corrected chi connectivity index (χ3v) is 3.62. The topological polar surface area (TPSA) is 29.1 Å². The van der Waals surface area contributed by atoms with E-state index in [0.717, 1.165) is 12.1 Å². The zero-order valence-electron chi connectivity index (χ0n) is 11.6. The molecular weight excluding hydrogens is 305 g/mol. The number of carbonyl (C=O) groups is 1. The molecule has 0 atom stereocenters. The van der Waals surface area contributed by atoms with Crippen molar-refractivity contribution in [3.63, 3.8) is 0 Å². The molecule has 0 fully saturated rings. The van der Waals surface area contributed by atoms with Crippen molar-refractivity contribution in [2.45, 2.75) is 13.3 Å². The van der Waals surface area contributed by atoms with Gasteiger partial charge in [0.25, 0.3) is 0 Å². The molecule has 0 unspecified atom stereocenters. The number of hydrogen-bond donors (Lipinski definition) is 1. The molecule has 0 aromatic heterocycles. The molecule has 0 saturated heterocycles. The summed E-state index contributed by atoms with van der Waals surface area (Å²) in [6, 6.07) is 12.8. The van der Waals surface area contributed by atoms with Crippen LogP contribution in [0.4, 0.5) is 5.69 Å². The zero-order valence-corrected chi connectivity index (χ0v) is 13.1. The predicted molar refractivity (Wildman–Crippen MR) is 89.4 cm³/mol. The smallest absolute Gasteiger partial charge is 0.188 e. The van der Waals surface area contributed by atoms with Crippen molar-refractivity contribution in [1.29, 1.82) is 0 Å². The number of carbonyl (C=O) groups excluding carboxylic acids is 1. The maximum Gasteiger partial charge on any atom is 0.188 e. The van der Waals surface area contributed by atoms with Crippen LogP contribution in [0.5, 0.6) is 0 Å². The quantitative estimate of drug-likeness (QED) is 0.593. The molecule has 0 bridgehead atoms. The Morgan fingerprint density at radius 3 is 2.67 bits per heavy atom. The number of halogens is 2. The molecule has 0 aliphatic rings. The number of anilines is 1. The van der Waals surface area contributed by atoms with Gasteiger partial charge in [-0.1, -0.05) is 48.3 Å². The summed E-state index contributed by atoms with van der Waals surface area (Å²) in [5.74, 6) is -0.168. The fourth-order valence-electron chi connectivity index (χ4n) is 1.96. The molecule has 0 radical (unpaired) electrons. The van der Waals surface area contributed by atoms with E-state index in [1.54, 1.807) is 24.4 Å². The molecule has 0 saturated carbocycles. The minimum atomic E-state index is -0.168. The van der Waals surface area contributed by atoms with E-state index in [1.165, 1.54) is 11.6 Å². The molecule has 0 aliphatic carbocycles. The minimum Gasteiger partial charge on any atom is -0.361 e. The number of benzene rings is 2. The predicted octanol–water partition coefficient (Wildman–Crippen LogP) is 5.36. The van der Waals surface area contributed by atoms with E-state index in [9.17, 15) is 4.79 Å². The Kier molecular flexibility index (Phi) is 5.43. The summed E-state index contributed by atoms with van der Waals surface area (Å²) >= 11 is 11.8. The van der Waals surface area contributed by atoms with Crippen molar-refractivity contribution in [3.05, 3.63) is 75.9 Å². The van der Waals surface area contributed by atoms with Crippen LogP contribution in [0, 0.1) is 0 Å². The van der Waals surface area contributed by atoms with Crippen LogP contribution in [0.15, 0.2) is 54.7 Å². The number of para-hydroxylation sites is 1. The Balaban J connectivity index is 2.09. The van der Waals surface area contributed by atoms with E-state index >= 15 is 0 Å². The maximum absolute atomic E-state index is 12.1. The second-order valence-corrected chi connectivity index (χ2v) is 5.32. The fraction of sp³-hybridized carbons (Fsp3) is 0.118. The molecule has 0 aliphatic heterocycles. The van der Waals surface area contributed by atoms with Gasteiger partial charge in [-0.15, -0.1) is 0 Å². The molecular formula is C17H15Cl2NO. The van der Waals surface area contributed by atoms with Crippen molar-refractivity contribution < 1.29 is 4.79 Å². The van der Waals surface area contributed by atoms with Crippen LogP contribution in [0.1, 0.15) is 22.8 Å². The molecule has 2 rings (SSSR count). The van der Waals surface area contributed by atoms with Crippen LogP contribution in [0.3, 0.4) is 0 Å². The Labute approximate surface area is 134 Å². The van der Waals surface area contributed by atoms with E-state index in [2.05, 4.69) is 12.2 Å². The van der Waals surface area contributed by atoms with Crippen LogP contribution >= 0.6 is 23.2 Å². The highest BCUT2D eigenvalue weighted by Crippen LogP contribution is 2.21. The maximum atomic E-state index is 12.1. The van der Waals surface area contributed by atoms with Crippen molar-refractivity contribution in [2.24, 2.45) is 0 Å². The Bertz CT molecular complexity index is 680. The third kappa shape index (κ3) is 4.10. The second kappa shape index (κ2) is 7.30. The average molecular weight is 320 g/mol. The molecule has 0 amide bonds. The monoisotopic (exact) mass is 319 g/mol. The highest BCUT2D eigenvalue weighted by atomic mass is 35.5. The van der Waals surface area contributed by atoms with Crippen molar-refractivity contribution >= 4 is 34.7 Å². The van der Waals surface area contributed by atoms with Crippen LogP contribution < -0.4 is 5.32 Å². The molecule has 108 valence electrons. The molecule has 2 nitrogen and oxygen atoms in total. The molecule has 21 heavy (non-hydrogen) atoms. The minimum absolute atomic E-state index is 0.168. The lowest BCUT2D eigenvalue weighted by atomic mass is 10.1. The van der Waals surface area contributed by atoms with Crippen molar-refractivity contribution in [1.82, 2.24) is 0 Å². The summed E-state index contributed by atoms with van der Waals surface area (Å²) in [4.78, 5) is 12.1. The third-order valence-electron chi connectivity index (χ3n) is 3.07. The first-order chi connectivity index (χ1) is 10.1. The lowest BCUT2D eigenvalue weighted by Gasteiger charge is -2.06. The van der Waals surface area contributed by atoms with E-state index in [4.69, 9.17) is 23.2 Å². The van der Waals surface area contributed by atoms with Gasteiger partial charge in [0.1, 0.15) is 0 Å². The SMILES string of the molecule is CCc1ccccc1N/C=C/C(=O)c1ccc(Cl)cc1Cl. The summed E-state index contributed by atoms with van der Waals surface area (Å²) in [5.41, 5.74) is 2.62. The fourth-order valence-corrected chi connectivity index (χ4v) is 2.46. The summed E-state index contributed by atoms with van der Waals surface area (Å²) in [5, 5.41) is 3.99. The molecule has 4 heteroatoms. The van der Waals surface area contributed by atoms with Crippen LogP contribution in [0.25, 0.3) is 0 Å². The Hall–Kier alpha value is -1.77. The van der Waals surface area contributed by atoms with Gasteiger partial charge in [0.2, 0.25) is 0 Å². The number of rotatable bonds is 5. The van der Waals surface area contributed by atoms with Crippen LogP contribution in [-0.2, 0) is 6.42 Å². The van der Waals surface area contributed by atoms with Gasteiger partial charge in [-0.3, -0.25) is 4.79 Å². The van der Waals surface area contributed by atoms with Crippen LogP contribution in [0.2, 0.25) is 10.0 Å². The molecule has 0 heterocycles. The average Bonchev–Trinajstić information content (AvgIpc) is 2.47. The highest BCUT2D eigenvalue weighted by molar-refractivity contribution is 6.37.